The Bertz CT molecular complexity index is 797. The first kappa shape index (κ1) is 23.3. The van der Waals surface area contributed by atoms with Crippen LogP contribution < -0.4 is 25.8 Å². The Balaban J connectivity index is 0.00000392. The molecule has 8 nitrogen and oxygen atoms in total. The molecule has 0 aliphatic heterocycles. The molecular weight excluding hydrogens is 475 g/mol. The number of carbonyl (C=O) groups excluding carboxylic acids is 1. The van der Waals surface area contributed by atoms with Gasteiger partial charge in [0.05, 0.1) is 20.8 Å². The number of rotatable bonds is 8. The van der Waals surface area contributed by atoms with E-state index in [-0.39, 0.29) is 41.6 Å². The van der Waals surface area contributed by atoms with Crippen LogP contribution in [0.1, 0.15) is 15.9 Å². The fourth-order valence-electron chi connectivity index (χ4n) is 2.29. The number of aromatic hydroxyl groups is 1. The molecule has 0 unspecified atom stereocenters. The van der Waals surface area contributed by atoms with Crippen LogP contribution in [0.3, 0.4) is 0 Å². The van der Waals surface area contributed by atoms with Crippen LogP contribution in [0.2, 0.25) is 0 Å². The second-order valence-electron chi connectivity index (χ2n) is 5.62. The lowest BCUT2D eigenvalue weighted by Gasteiger charge is -2.09. The van der Waals surface area contributed by atoms with Crippen molar-refractivity contribution >= 4 is 35.8 Å². The third kappa shape index (κ3) is 7.14. The standard InChI is InChI=1S/C19H24N4O4.HI/c1-26-16-8-3-13(11-17(16)27-2)12-23-19(20)22-10-9-21-18(25)14-4-6-15(24)7-5-14;/h3-8,11,24H,9-10,12H2,1-2H3,(H,21,25)(H3,20,22,23);1H. The smallest absolute Gasteiger partial charge is 0.251 e. The summed E-state index contributed by atoms with van der Waals surface area (Å²) in [6, 6.07) is 11.6. The number of phenolic OH excluding ortho intramolecular Hbond substituents is 1. The molecule has 5 N–H and O–H groups in total. The monoisotopic (exact) mass is 500 g/mol. The Labute approximate surface area is 181 Å². The molecule has 9 heteroatoms. The highest BCUT2D eigenvalue weighted by atomic mass is 127. The van der Waals surface area contributed by atoms with Gasteiger partial charge in [-0.2, -0.15) is 0 Å². The lowest BCUT2D eigenvalue weighted by molar-refractivity contribution is 0.0954. The number of methoxy groups -OCH3 is 2. The quantitative estimate of drug-likeness (QED) is 0.190. The van der Waals surface area contributed by atoms with Crippen LogP contribution in [0.4, 0.5) is 0 Å². The maximum Gasteiger partial charge on any atom is 0.251 e. The summed E-state index contributed by atoms with van der Waals surface area (Å²) in [5.74, 6) is 1.46. The predicted molar refractivity (Wildman–Crippen MR) is 119 cm³/mol. The molecule has 0 heterocycles. The molecule has 0 saturated heterocycles. The van der Waals surface area contributed by atoms with Crippen molar-refractivity contribution in [3.8, 4) is 17.2 Å². The zero-order valence-corrected chi connectivity index (χ0v) is 18.1. The number of benzene rings is 2. The Hall–Kier alpha value is -2.69. The van der Waals surface area contributed by atoms with Crippen LogP contribution >= 0.6 is 24.0 Å². The average Bonchev–Trinajstić information content (AvgIpc) is 2.69. The van der Waals surface area contributed by atoms with Crippen LogP contribution in [0.15, 0.2) is 47.5 Å². The number of nitrogens with two attached hydrogens (primary N) is 1. The maximum atomic E-state index is 11.9. The van der Waals surface area contributed by atoms with Crippen molar-refractivity contribution in [1.29, 1.82) is 0 Å². The number of halogens is 1. The largest absolute Gasteiger partial charge is 0.508 e. The molecule has 0 radical (unpaired) electrons. The molecule has 2 aromatic carbocycles. The molecule has 0 atom stereocenters. The van der Waals surface area contributed by atoms with Crippen LogP contribution in [-0.2, 0) is 6.54 Å². The van der Waals surface area contributed by atoms with Crippen LogP contribution in [-0.4, -0.2) is 44.3 Å². The Morgan fingerprint density at radius 2 is 1.68 bits per heavy atom. The Morgan fingerprint density at radius 1 is 1.04 bits per heavy atom. The normalized spacial score (nSPS) is 10.6. The van der Waals surface area contributed by atoms with Crippen molar-refractivity contribution in [1.82, 2.24) is 10.6 Å². The van der Waals surface area contributed by atoms with E-state index < -0.39 is 0 Å². The third-order valence-electron chi connectivity index (χ3n) is 3.73. The lowest BCUT2D eigenvalue weighted by Crippen LogP contribution is -2.38. The van der Waals surface area contributed by atoms with Gasteiger partial charge in [-0.15, -0.1) is 24.0 Å². The van der Waals surface area contributed by atoms with Gasteiger partial charge in [0.25, 0.3) is 5.91 Å². The van der Waals surface area contributed by atoms with E-state index in [4.69, 9.17) is 15.2 Å². The predicted octanol–water partition coefficient (Wildman–Crippen LogP) is 1.86. The molecule has 28 heavy (non-hydrogen) atoms. The summed E-state index contributed by atoms with van der Waals surface area (Å²) in [6.45, 7) is 1.20. The minimum Gasteiger partial charge on any atom is -0.508 e. The third-order valence-corrected chi connectivity index (χ3v) is 3.73. The summed E-state index contributed by atoms with van der Waals surface area (Å²) >= 11 is 0. The number of carbonyl (C=O) groups is 1. The number of amides is 1. The minimum absolute atomic E-state index is 0. The molecule has 0 fully saturated rings. The summed E-state index contributed by atoms with van der Waals surface area (Å²) in [6.07, 6.45) is 0. The number of ether oxygens (including phenoxy) is 2. The molecule has 2 rings (SSSR count). The molecule has 0 aromatic heterocycles. The number of hydrogen-bond acceptors (Lipinski definition) is 5. The molecule has 0 saturated carbocycles. The van der Waals surface area contributed by atoms with Gasteiger partial charge in [0.1, 0.15) is 5.75 Å². The Morgan fingerprint density at radius 3 is 2.32 bits per heavy atom. The van der Waals surface area contributed by atoms with Crippen molar-refractivity contribution in [2.45, 2.75) is 6.54 Å². The Kier molecular flexibility index (Phi) is 9.93. The second-order valence-corrected chi connectivity index (χ2v) is 5.62. The summed E-state index contributed by atoms with van der Waals surface area (Å²) in [5, 5.41) is 14.9. The van der Waals surface area contributed by atoms with Crippen LogP contribution in [0, 0.1) is 0 Å². The number of nitrogens with zero attached hydrogens (tertiary/aromatic N) is 1. The first-order valence-electron chi connectivity index (χ1n) is 8.35. The first-order valence-corrected chi connectivity index (χ1v) is 8.35. The first-order chi connectivity index (χ1) is 13.0. The van der Waals surface area contributed by atoms with Crippen molar-refractivity contribution in [2.24, 2.45) is 10.7 Å². The van der Waals surface area contributed by atoms with Gasteiger partial charge in [-0.25, -0.2) is 4.99 Å². The summed E-state index contributed by atoms with van der Waals surface area (Å²) < 4.78 is 10.4. The highest BCUT2D eigenvalue weighted by Gasteiger charge is 2.05. The van der Waals surface area contributed by atoms with E-state index in [1.54, 1.807) is 26.4 Å². The molecular formula is C19H25IN4O4. The summed E-state index contributed by atoms with van der Waals surface area (Å²) in [7, 11) is 3.16. The summed E-state index contributed by atoms with van der Waals surface area (Å²) in [5.41, 5.74) is 7.24. The van der Waals surface area contributed by atoms with Gasteiger partial charge in [-0.1, -0.05) is 6.07 Å². The van der Waals surface area contributed by atoms with E-state index >= 15 is 0 Å². The van der Waals surface area contributed by atoms with Crippen LogP contribution in [0.25, 0.3) is 0 Å². The lowest BCUT2D eigenvalue weighted by atomic mass is 10.2. The number of nitrogens with one attached hydrogen (secondary N) is 2. The fourth-order valence-corrected chi connectivity index (χ4v) is 2.29. The number of aliphatic imine (C=N–C) groups is 1. The minimum atomic E-state index is -0.224. The van der Waals surface area contributed by atoms with E-state index in [0.717, 1.165) is 5.56 Å². The van der Waals surface area contributed by atoms with Crippen molar-refractivity contribution < 1.29 is 19.4 Å². The van der Waals surface area contributed by atoms with Gasteiger partial charge < -0.3 is 30.9 Å². The molecule has 152 valence electrons. The zero-order valence-electron chi connectivity index (χ0n) is 15.8. The number of hydrogen-bond donors (Lipinski definition) is 4. The molecule has 1 amide bonds. The van der Waals surface area contributed by atoms with Gasteiger partial charge in [0.2, 0.25) is 0 Å². The van der Waals surface area contributed by atoms with E-state index in [1.807, 2.05) is 18.2 Å². The second kappa shape index (κ2) is 11.9. The molecule has 0 bridgehead atoms. The molecule has 2 aromatic rings. The average molecular weight is 500 g/mol. The van der Waals surface area contributed by atoms with Crippen molar-refractivity contribution in [2.75, 3.05) is 27.3 Å². The van der Waals surface area contributed by atoms with E-state index in [0.29, 0.717) is 36.7 Å². The van der Waals surface area contributed by atoms with Crippen molar-refractivity contribution in [3.63, 3.8) is 0 Å². The molecule has 0 spiro atoms. The van der Waals surface area contributed by atoms with Gasteiger partial charge >= 0.3 is 0 Å². The van der Waals surface area contributed by atoms with E-state index in [9.17, 15) is 9.90 Å². The van der Waals surface area contributed by atoms with Crippen LogP contribution in [0.5, 0.6) is 17.2 Å². The van der Waals surface area contributed by atoms with E-state index in [1.165, 1.54) is 12.1 Å². The highest BCUT2D eigenvalue weighted by Crippen LogP contribution is 2.27. The number of phenols is 1. The van der Waals surface area contributed by atoms with Gasteiger partial charge in [-0.3, -0.25) is 4.79 Å². The zero-order chi connectivity index (χ0) is 19.6. The SMILES string of the molecule is COc1ccc(CN=C(N)NCCNC(=O)c2ccc(O)cc2)cc1OC.I. The van der Waals surface area contributed by atoms with E-state index in [2.05, 4.69) is 15.6 Å². The van der Waals surface area contributed by atoms with Gasteiger partial charge in [-0.05, 0) is 42.0 Å². The maximum absolute atomic E-state index is 11.9. The topological polar surface area (TPSA) is 118 Å². The molecule has 0 aliphatic carbocycles. The van der Waals surface area contributed by atoms with Crippen molar-refractivity contribution in [3.05, 3.63) is 53.6 Å². The highest BCUT2D eigenvalue weighted by molar-refractivity contribution is 14.0. The molecule has 0 aliphatic rings. The fraction of sp³-hybridized carbons (Fsp3) is 0.263. The number of guanidine groups is 1. The summed E-state index contributed by atoms with van der Waals surface area (Å²) in [4.78, 5) is 16.2. The van der Waals surface area contributed by atoms with Gasteiger partial charge in [0.15, 0.2) is 17.5 Å². The van der Waals surface area contributed by atoms with Gasteiger partial charge in [0, 0.05) is 18.7 Å².